The minimum absolute atomic E-state index is 0.187. The highest BCUT2D eigenvalue weighted by Crippen LogP contribution is 2.34. The Balaban J connectivity index is 2.61. The Kier molecular flexibility index (Phi) is 4.45. The molecule has 1 aromatic heterocycles. The second-order valence-electron chi connectivity index (χ2n) is 6.45. The van der Waals surface area contributed by atoms with Crippen LogP contribution in [0.25, 0.3) is 11.0 Å². The smallest absolute Gasteiger partial charge is 0.147 e. The molecule has 0 amide bonds. The number of benzene rings is 1. The Morgan fingerprint density at radius 3 is 2.19 bits per heavy atom. The molecule has 0 saturated heterocycles. The molecule has 0 saturated carbocycles. The summed E-state index contributed by atoms with van der Waals surface area (Å²) >= 11 is 0. The first-order valence-electron chi connectivity index (χ1n) is 7.61. The first-order valence-corrected chi connectivity index (χ1v) is 7.61. The Labute approximate surface area is 127 Å². The molecule has 0 radical (unpaired) electrons. The number of hydrogen-bond acceptors (Lipinski definition) is 3. The molecule has 0 atom stereocenters. The zero-order valence-corrected chi connectivity index (χ0v) is 14.0. The highest BCUT2D eigenvalue weighted by Gasteiger charge is 2.20. The fourth-order valence-corrected chi connectivity index (χ4v) is 2.48. The summed E-state index contributed by atoms with van der Waals surface area (Å²) in [5.41, 5.74) is 2.10. The van der Waals surface area contributed by atoms with Crippen molar-refractivity contribution in [2.75, 3.05) is 13.2 Å². The maximum absolute atomic E-state index is 5.76. The summed E-state index contributed by atoms with van der Waals surface area (Å²) in [5, 5.41) is 0. The van der Waals surface area contributed by atoms with E-state index in [2.05, 4.69) is 32.4 Å². The quantitative estimate of drug-likeness (QED) is 0.836. The average molecular weight is 290 g/mol. The predicted molar refractivity (Wildman–Crippen MR) is 86.2 cm³/mol. The normalized spacial score (nSPS) is 11.9. The molecule has 1 aromatic carbocycles. The van der Waals surface area contributed by atoms with Gasteiger partial charge in [-0.3, -0.25) is 0 Å². The number of rotatable bonds is 5. The molecule has 4 heteroatoms. The summed E-state index contributed by atoms with van der Waals surface area (Å²) in [6, 6.07) is 3.92. The molecular weight excluding hydrogens is 264 g/mol. The summed E-state index contributed by atoms with van der Waals surface area (Å²) in [5.74, 6) is 2.75. The van der Waals surface area contributed by atoms with Crippen LogP contribution in [0.3, 0.4) is 0 Å². The van der Waals surface area contributed by atoms with Crippen LogP contribution >= 0.6 is 0 Å². The molecule has 0 bridgehead atoms. The summed E-state index contributed by atoms with van der Waals surface area (Å²) in [6.45, 7) is 11.9. The third kappa shape index (κ3) is 3.31. The van der Waals surface area contributed by atoms with Crippen LogP contribution in [0.1, 0.15) is 40.4 Å². The van der Waals surface area contributed by atoms with Crippen molar-refractivity contribution in [2.45, 2.75) is 41.0 Å². The van der Waals surface area contributed by atoms with Gasteiger partial charge in [0.05, 0.1) is 13.2 Å². The van der Waals surface area contributed by atoms with Gasteiger partial charge in [-0.15, -0.1) is 0 Å². The van der Waals surface area contributed by atoms with Crippen molar-refractivity contribution in [1.82, 2.24) is 9.55 Å². The van der Waals surface area contributed by atoms with E-state index in [9.17, 15) is 0 Å². The Hall–Kier alpha value is -1.71. The Morgan fingerprint density at radius 2 is 1.62 bits per heavy atom. The molecule has 0 unspecified atom stereocenters. The fourth-order valence-electron chi connectivity index (χ4n) is 2.48. The molecular formula is C17H26N2O2. The Bertz CT molecular complexity index is 624. The molecule has 0 fully saturated rings. The molecule has 2 rings (SSSR count). The first-order chi connectivity index (χ1) is 9.87. The van der Waals surface area contributed by atoms with Crippen LogP contribution < -0.4 is 9.47 Å². The lowest BCUT2D eigenvalue weighted by molar-refractivity contribution is 0.335. The molecule has 0 aliphatic rings. The second kappa shape index (κ2) is 5.96. The SMILES string of the molecule is CCOc1ccc(OCC)c2c1nc(CC(C)(C)C)n2C. The molecule has 1 heterocycles. The van der Waals surface area contributed by atoms with E-state index >= 15 is 0 Å². The lowest BCUT2D eigenvalue weighted by atomic mass is 9.92. The number of hydrogen-bond donors (Lipinski definition) is 0. The van der Waals surface area contributed by atoms with Crippen molar-refractivity contribution in [3.63, 3.8) is 0 Å². The summed E-state index contributed by atoms with van der Waals surface area (Å²) in [4.78, 5) is 4.82. The maximum atomic E-state index is 5.76. The number of ether oxygens (including phenoxy) is 2. The standard InChI is InChI=1S/C17H26N2O2/c1-7-20-12-9-10-13(21-8-2)16-15(12)18-14(19(16)6)11-17(3,4)5/h9-10H,7-8,11H2,1-6H3. The topological polar surface area (TPSA) is 36.3 Å². The number of fused-ring (bicyclic) bond motifs is 1. The highest BCUT2D eigenvalue weighted by atomic mass is 16.5. The molecule has 0 aliphatic heterocycles. The molecule has 116 valence electrons. The number of imidazole rings is 1. The van der Waals surface area contributed by atoms with Crippen molar-refractivity contribution >= 4 is 11.0 Å². The summed E-state index contributed by atoms with van der Waals surface area (Å²) < 4.78 is 13.6. The minimum Gasteiger partial charge on any atom is -0.492 e. The van der Waals surface area contributed by atoms with Crippen LogP contribution in [-0.4, -0.2) is 22.8 Å². The zero-order chi connectivity index (χ0) is 15.6. The summed E-state index contributed by atoms with van der Waals surface area (Å²) in [6.07, 6.45) is 0.912. The molecule has 4 nitrogen and oxygen atoms in total. The molecule has 0 spiro atoms. The minimum atomic E-state index is 0.187. The Morgan fingerprint density at radius 1 is 1.05 bits per heavy atom. The lowest BCUT2D eigenvalue weighted by Crippen LogP contribution is -2.13. The fraction of sp³-hybridized carbons (Fsp3) is 0.588. The van der Waals surface area contributed by atoms with Gasteiger partial charge < -0.3 is 14.0 Å². The van der Waals surface area contributed by atoms with Crippen molar-refractivity contribution in [2.24, 2.45) is 12.5 Å². The van der Waals surface area contributed by atoms with Gasteiger partial charge in [0.1, 0.15) is 28.4 Å². The van der Waals surface area contributed by atoms with Crippen LogP contribution in [-0.2, 0) is 13.5 Å². The van der Waals surface area contributed by atoms with Gasteiger partial charge in [0.25, 0.3) is 0 Å². The number of nitrogens with zero attached hydrogens (tertiary/aromatic N) is 2. The van der Waals surface area contributed by atoms with Gasteiger partial charge in [-0.25, -0.2) is 4.98 Å². The lowest BCUT2D eigenvalue weighted by Gasteiger charge is -2.17. The zero-order valence-electron chi connectivity index (χ0n) is 14.0. The number of aryl methyl sites for hydroxylation is 1. The van der Waals surface area contributed by atoms with Gasteiger partial charge >= 0.3 is 0 Å². The third-order valence-corrected chi connectivity index (χ3v) is 3.33. The number of aromatic nitrogens is 2. The molecule has 0 aliphatic carbocycles. The highest BCUT2D eigenvalue weighted by molar-refractivity contribution is 5.88. The largest absolute Gasteiger partial charge is 0.492 e. The van der Waals surface area contributed by atoms with Crippen LogP contribution in [0, 0.1) is 5.41 Å². The van der Waals surface area contributed by atoms with Gasteiger partial charge in [0.2, 0.25) is 0 Å². The van der Waals surface area contributed by atoms with E-state index in [1.54, 1.807) is 0 Å². The van der Waals surface area contributed by atoms with Crippen LogP contribution in [0.15, 0.2) is 12.1 Å². The first kappa shape index (κ1) is 15.7. The van der Waals surface area contributed by atoms with Gasteiger partial charge in [-0.1, -0.05) is 20.8 Å². The van der Waals surface area contributed by atoms with Crippen LogP contribution in [0.2, 0.25) is 0 Å². The summed E-state index contributed by atoms with van der Waals surface area (Å²) in [7, 11) is 2.05. The monoisotopic (exact) mass is 290 g/mol. The van der Waals surface area contributed by atoms with Gasteiger partial charge in [0.15, 0.2) is 0 Å². The molecule has 21 heavy (non-hydrogen) atoms. The van der Waals surface area contributed by atoms with Crippen LogP contribution in [0.5, 0.6) is 11.5 Å². The van der Waals surface area contributed by atoms with Crippen molar-refractivity contribution < 1.29 is 9.47 Å². The van der Waals surface area contributed by atoms with E-state index in [-0.39, 0.29) is 5.41 Å². The van der Waals surface area contributed by atoms with Gasteiger partial charge in [-0.05, 0) is 31.4 Å². The van der Waals surface area contributed by atoms with Gasteiger partial charge in [-0.2, -0.15) is 0 Å². The van der Waals surface area contributed by atoms with E-state index in [4.69, 9.17) is 14.5 Å². The average Bonchev–Trinajstić information content (AvgIpc) is 2.69. The maximum Gasteiger partial charge on any atom is 0.147 e. The van der Waals surface area contributed by atoms with E-state index in [0.717, 1.165) is 34.8 Å². The van der Waals surface area contributed by atoms with E-state index < -0.39 is 0 Å². The van der Waals surface area contributed by atoms with E-state index in [1.165, 1.54) is 0 Å². The van der Waals surface area contributed by atoms with E-state index in [0.29, 0.717) is 13.2 Å². The third-order valence-electron chi connectivity index (χ3n) is 3.33. The van der Waals surface area contributed by atoms with E-state index in [1.807, 2.05) is 26.0 Å². The van der Waals surface area contributed by atoms with Crippen molar-refractivity contribution in [3.8, 4) is 11.5 Å². The van der Waals surface area contributed by atoms with Crippen molar-refractivity contribution in [3.05, 3.63) is 18.0 Å². The van der Waals surface area contributed by atoms with Crippen molar-refractivity contribution in [1.29, 1.82) is 0 Å². The molecule has 2 aromatic rings. The molecule has 0 N–H and O–H groups in total. The predicted octanol–water partition coefficient (Wildman–Crippen LogP) is 3.96. The van der Waals surface area contributed by atoms with Crippen LogP contribution in [0.4, 0.5) is 0 Å². The second-order valence-corrected chi connectivity index (χ2v) is 6.45. The van der Waals surface area contributed by atoms with Gasteiger partial charge in [0, 0.05) is 13.5 Å².